The number of nitrogens with zero attached hydrogens (tertiary/aromatic N) is 2. The van der Waals surface area contributed by atoms with Crippen LogP contribution in [-0.4, -0.2) is 48.0 Å². The lowest BCUT2D eigenvalue weighted by Crippen LogP contribution is -2.46. The van der Waals surface area contributed by atoms with E-state index in [1.165, 1.54) is 23.5 Å². The van der Waals surface area contributed by atoms with Crippen molar-refractivity contribution >= 4 is 15.9 Å². The van der Waals surface area contributed by atoms with Gasteiger partial charge in [0, 0.05) is 26.1 Å². The molecule has 1 aromatic heterocycles. The van der Waals surface area contributed by atoms with Crippen molar-refractivity contribution in [2.75, 3.05) is 13.1 Å². The Morgan fingerprint density at radius 3 is 2.67 bits per heavy atom. The predicted molar refractivity (Wildman–Crippen MR) is 64.2 cm³/mol. The highest BCUT2D eigenvalue weighted by molar-refractivity contribution is 7.89. The number of hydrogen-bond donors (Lipinski definition) is 2. The van der Waals surface area contributed by atoms with Gasteiger partial charge in [0.2, 0.25) is 5.91 Å². The van der Waals surface area contributed by atoms with E-state index in [-0.39, 0.29) is 17.0 Å². The zero-order valence-electron chi connectivity index (χ0n) is 10.1. The molecule has 0 spiro atoms. The second-order valence-corrected chi connectivity index (χ2v) is 6.21. The van der Waals surface area contributed by atoms with Crippen LogP contribution in [0, 0.1) is 0 Å². The van der Waals surface area contributed by atoms with Crippen molar-refractivity contribution in [2.24, 2.45) is 0 Å². The largest absolute Gasteiger partial charge is 0.354 e. The molecule has 0 aromatic carbocycles. The van der Waals surface area contributed by atoms with Crippen molar-refractivity contribution in [3.63, 3.8) is 0 Å². The first-order valence-corrected chi connectivity index (χ1v) is 7.21. The maximum atomic E-state index is 12.1. The van der Waals surface area contributed by atoms with Crippen LogP contribution in [0.5, 0.6) is 0 Å². The van der Waals surface area contributed by atoms with Gasteiger partial charge in [-0.05, 0) is 18.9 Å². The van der Waals surface area contributed by atoms with Gasteiger partial charge in [0.15, 0.2) is 5.03 Å². The van der Waals surface area contributed by atoms with Crippen molar-refractivity contribution in [1.82, 2.24) is 19.8 Å². The molecule has 0 saturated carbocycles. The molecule has 1 aliphatic rings. The number of carbonyl (C=O) groups excluding carboxylic acids is 1. The Balaban J connectivity index is 2.00. The normalized spacial score (nSPS) is 18.7. The van der Waals surface area contributed by atoms with Crippen LogP contribution in [0.15, 0.2) is 17.3 Å². The molecular weight excluding hydrogens is 256 g/mol. The molecule has 1 aliphatic heterocycles. The summed E-state index contributed by atoms with van der Waals surface area (Å²) < 4.78 is 25.7. The summed E-state index contributed by atoms with van der Waals surface area (Å²) >= 11 is 0. The van der Waals surface area contributed by atoms with E-state index in [1.54, 1.807) is 0 Å². The molecule has 0 aliphatic carbocycles. The summed E-state index contributed by atoms with van der Waals surface area (Å²) in [5.74, 6) is -0.0788. The third-order valence-corrected chi connectivity index (χ3v) is 4.78. The average Bonchev–Trinajstić information content (AvgIpc) is 2.83. The van der Waals surface area contributed by atoms with E-state index in [4.69, 9.17) is 0 Å². The third-order valence-electron chi connectivity index (χ3n) is 2.95. The predicted octanol–water partition coefficient (Wildman–Crippen LogP) is -0.301. The van der Waals surface area contributed by atoms with E-state index < -0.39 is 10.0 Å². The van der Waals surface area contributed by atoms with Crippen LogP contribution in [0.25, 0.3) is 0 Å². The van der Waals surface area contributed by atoms with Crippen molar-refractivity contribution in [1.29, 1.82) is 0 Å². The first-order valence-electron chi connectivity index (χ1n) is 5.77. The van der Waals surface area contributed by atoms with E-state index in [1.807, 2.05) is 0 Å². The first-order chi connectivity index (χ1) is 8.50. The number of aromatic nitrogens is 2. The number of nitrogens with one attached hydrogen (secondary N) is 2. The van der Waals surface area contributed by atoms with Crippen molar-refractivity contribution in [3.05, 3.63) is 12.3 Å². The summed E-state index contributed by atoms with van der Waals surface area (Å²) in [4.78, 5) is 10.9. The quantitative estimate of drug-likeness (QED) is 0.789. The lowest BCUT2D eigenvalue weighted by atomic mass is 10.1. The molecule has 0 atom stereocenters. The van der Waals surface area contributed by atoms with Crippen molar-refractivity contribution < 1.29 is 13.2 Å². The van der Waals surface area contributed by atoms with Gasteiger partial charge in [0.25, 0.3) is 10.0 Å². The molecule has 2 rings (SSSR count). The maximum Gasteiger partial charge on any atom is 0.259 e. The standard InChI is InChI=1S/C10H16N4O3S/c1-8(15)12-9-3-6-14(7-4-9)18(16,17)10-2-5-11-13-10/h2,5,9H,3-4,6-7H2,1H3,(H,11,13)(H,12,15). The van der Waals surface area contributed by atoms with E-state index in [9.17, 15) is 13.2 Å². The summed E-state index contributed by atoms with van der Waals surface area (Å²) in [6.07, 6.45) is 2.68. The molecular formula is C10H16N4O3S. The summed E-state index contributed by atoms with van der Waals surface area (Å²) in [5, 5.41) is 9.04. The van der Waals surface area contributed by atoms with Crippen molar-refractivity contribution in [3.8, 4) is 0 Å². The second kappa shape index (κ2) is 5.07. The van der Waals surface area contributed by atoms with Gasteiger partial charge >= 0.3 is 0 Å². The molecule has 1 aromatic rings. The summed E-state index contributed by atoms with van der Waals surface area (Å²) in [6.45, 7) is 2.28. The highest BCUT2D eigenvalue weighted by Crippen LogP contribution is 2.18. The number of H-pyrrole nitrogens is 1. The fourth-order valence-electron chi connectivity index (χ4n) is 2.05. The van der Waals surface area contributed by atoms with Gasteiger partial charge in [-0.25, -0.2) is 8.42 Å². The van der Waals surface area contributed by atoms with Crippen LogP contribution >= 0.6 is 0 Å². The number of carbonyl (C=O) groups is 1. The van der Waals surface area contributed by atoms with Crippen LogP contribution in [0.3, 0.4) is 0 Å². The van der Waals surface area contributed by atoms with Crippen LogP contribution in [0.1, 0.15) is 19.8 Å². The first kappa shape index (κ1) is 13.0. The van der Waals surface area contributed by atoms with E-state index >= 15 is 0 Å². The monoisotopic (exact) mass is 272 g/mol. The summed E-state index contributed by atoms with van der Waals surface area (Å²) in [7, 11) is -3.47. The highest BCUT2D eigenvalue weighted by Gasteiger charge is 2.30. The molecule has 1 saturated heterocycles. The van der Waals surface area contributed by atoms with E-state index in [0.29, 0.717) is 25.9 Å². The van der Waals surface area contributed by atoms with Gasteiger partial charge < -0.3 is 5.32 Å². The number of hydrogen-bond acceptors (Lipinski definition) is 4. The van der Waals surface area contributed by atoms with Crippen LogP contribution < -0.4 is 5.32 Å². The lowest BCUT2D eigenvalue weighted by Gasteiger charge is -2.30. The van der Waals surface area contributed by atoms with Gasteiger partial charge in [-0.15, -0.1) is 0 Å². The molecule has 7 nitrogen and oxygen atoms in total. The Labute approximate surface area is 106 Å². The zero-order valence-corrected chi connectivity index (χ0v) is 10.9. The van der Waals surface area contributed by atoms with Crippen LogP contribution in [-0.2, 0) is 14.8 Å². The third kappa shape index (κ3) is 2.70. The lowest BCUT2D eigenvalue weighted by molar-refractivity contribution is -0.119. The topological polar surface area (TPSA) is 95.2 Å². The minimum atomic E-state index is -3.47. The molecule has 100 valence electrons. The number of sulfonamides is 1. The second-order valence-electron chi connectivity index (χ2n) is 4.30. The molecule has 2 N–H and O–H groups in total. The number of piperidine rings is 1. The fourth-order valence-corrected chi connectivity index (χ4v) is 3.42. The Bertz CT molecular complexity index is 503. The Hall–Kier alpha value is -1.41. The average molecular weight is 272 g/mol. The molecule has 1 amide bonds. The van der Waals surface area contributed by atoms with Gasteiger partial charge in [-0.3, -0.25) is 9.89 Å². The number of rotatable bonds is 3. The van der Waals surface area contributed by atoms with E-state index in [2.05, 4.69) is 15.5 Å². The van der Waals surface area contributed by atoms with Crippen LogP contribution in [0.2, 0.25) is 0 Å². The number of aromatic amines is 1. The van der Waals surface area contributed by atoms with Gasteiger partial charge in [-0.1, -0.05) is 0 Å². The number of amides is 1. The van der Waals surface area contributed by atoms with Gasteiger partial charge in [0.05, 0.1) is 6.20 Å². The minimum Gasteiger partial charge on any atom is -0.354 e. The smallest absolute Gasteiger partial charge is 0.259 e. The molecule has 8 heteroatoms. The fraction of sp³-hybridized carbons (Fsp3) is 0.600. The Morgan fingerprint density at radius 1 is 1.50 bits per heavy atom. The van der Waals surface area contributed by atoms with Gasteiger partial charge in [-0.2, -0.15) is 9.40 Å². The maximum absolute atomic E-state index is 12.1. The molecule has 0 unspecified atom stereocenters. The minimum absolute atomic E-state index is 0.0655. The van der Waals surface area contributed by atoms with Crippen LogP contribution in [0.4, 0.5) is 0 Å². The Kier molecular flexibility index (Phi) is 3.67. The molecule has 0 radical (unpaired) electrons. The SMILES string of the molecule is CC(=O)NC1CCN(S(=O)(=O)c2ccn[nH]2)CC1. The molecule has 0 bridgehead atoms. The summed E-state index contributed by atoms with van der Waals surface area (Å²) in [5.41, 5.74) is 0. The Morgan fingerprint density at radius 2 is 2.17 bits per heavy atom. The molecule has 18 heavy (non-hydrogen) atoms. The van der Waals surface area contributed by atoms with E-state index in [0.717, 1.165) is 0 Å². The highest BCUT2D eigenvalue weighted by atomic mass is 32.2. The molecule has 1 fully saturated rings. The van der Waals surface area contributed by atoms with Gasteiger partial charge in [0.1, 0.15) is 0 Å². The zero-order chi connectivity index (χ0) is 13.2. The van der Waals surface area contributed by atoms with Crippen molar-refractivity contribution in [2.45, 2.75) is 30.8 Å². The summed E-state index contributed by atoms with van der Waals surface area (Å²) in [6, 6.07) is 1.51. The molecule has 2 heterocycles.